The van der Waals surface area contributed by atoms with Crippen LogP contribution in [0.3, 0.4) is 0 Å². The van der Waals surface area contributed by atoms with Crippen molar-refractivity contribution in [2.24, 2.45) is 0 Å². The van der Waals surface area contributed by atoms with Crippen molar-refractivity contribution >= 4 is 55.7 Å². The van der Waals surface area contributed by atoms with Crippen LogP contribution in [-0.4, -0.2) is 18.1 Å². The number of hydrogen-bond acceptors (Lipinski definition) is 5. The molecule has 0 bridgehead atoms. The van der Waals surface area contributed by atoms with Crippen LogP contribution in [0.4, 0.5) is 10.8 Å². The molecule has 0 aliphatic heterocycles. The second-order valence-electron chi connectivity index (χ2n) is 3.68. The van der Waals surface area contributed by atoms with Crippen LogP contribution in [0.1, 0.15) is 15.4 Å². The number of benzene rings is 1. The highest BCUT2D eigenvalue weighted by Crippen LogP contribution is 2.30. The summed E-state index contributed by atoms with van der Waals surface area (Å²) in [5, 5.41) is 4.33. The van der Waals surface area contributed by atoms with E-state index in [-0.39, 0.29) is 5.97 Å². The van der Waals surface area contributed by atoms with Gasteiger partial charge in [-0.05, 0) is 41.1 Å². The first-order valence-electron chi connectivity index (χ1n) is 5.29. The van der Waals surface area contributed by atoms with E-state index >= 15 is 0 Å². The number of nitrogens with one attached hydrogen (secondary N) is 1. The van der Waals surface area contributed by atoms with Gasteiger partial charge in [0.1, 0.15) is 4.88 Å². The number of anilines is 2. The van der Waals surface area contributed by atoms with Gasteiger partial charge in [-0.1, -0.05) is 22.9 Å². The Kier molecular flexibility index (Phi) is 4.44. The van der Waals surface area contributed by atoms with E-state index in [9.17, 15) is 4.79 Å². The number of hydrogen-bond donors (Lipinski definition) is 1. The monoisotopic (exact) mass is 360 g/mol. The first kappa shape index (κ1) is 14.3. The second-order valence-corrected chi connectivity index (χ2v) is 5.94. The SMILES string of the molecule is COC(=O)c1sc(Nc2ccc(Br)c(Cl)c2)nc1C. The molecule has 2 rings (SSSR count). The zero-order chi connectivity index (χ0) is 14.0. The topological polar surface area (TPSA) is 51.2 Å². The highest BCUT2D eigenvalue weighted by molar-refractivity contribution is 9.10. The molecule has 1 N–H and O–H groups in total. The molecule has 100 valence electrons. The molecule has 0 aliphatic rings. The molecule has 0 saturated heterocycles. The van der Waals surface area contributed by atoms with Gasteiger partial charge >= 0.3 is 5.97 Å². The van der Waals surface area contributed by atoms with Gasteiger partial charge in [-0.2, -0.15) is 0 Å². The third-order valence-corrected chi connectivity index (χ3v) is 4.62. The molecule has 0 unspecified atom stereocenters. The Bertz CT molecular complexity index is 630. The lowest BCUT2D eigenvalue weighted by Crippen LogP contribution is -1.99. The van der Waals surface area contributed by atoms with E-state index in [1.54, 1.807) is 13.0 Å². The number of rotatable bonds is 3. The number of aryl methyl sites for hydroxylation is 1. The summed E-state index contributed by atoms with van der Waals surface area (Å²) in [7, 11) is 1.35. The van der Waals surface area contributed by atoms with E-state index < -0.39 is 0 Å². The van der Waals surface area contributed by atoms with Gasteiger partial charge in [0.25, 0.3) is 0 Å². The lowest BCUT2D eigenvalue weighted by molar-refractivity contribution is 0.0605. The van der Waals surface area contributed by atoms with Crippen LogP contribution in [0.15, 0.2) is 22.7 Å². The maximum Gasteiger partial charge on any atom is 0.350 e. The van der Waals surface area contributed by atoms with E-state index in [0.29, 0.717) is 20.7 Å². The minimum Gasteiger partial charge on any atom is -0.465 e. The fourth-order valence-corrected chi connectivity index (χ4v) is 2.76. The van der Waals surface area contributed by atoms with Gasteiger partial charge in [-0.3, -0.25) is 0 Å². The molecule has 2 aromatic rings. The summed E-state index contributed by atoms with van der Waals surface area (Å²) in [6, 6.07) is 5.48. The summed E-state index contributed by atoms with van der Waals surface area (Å²) in [5.41, 5.74) is 1.45. The van der Waals surface area contributed by atoms with Gasteiger partial charge in [0.05, 0.1) is 17.8 Å². The number of thiazole rings is 1. The Morgan fingerprint density at radius 2 is 2.26 bits per heavy atom. The smallest absolute Gasteiger partial charge is 0.350 e. The van der Waals surface area contributed by atoms with Crippen LogP contribution < -0.4 is 5.32 Å². The molecule has 0 radical (unpaired) electrons. The predicted molar refractivity (Wildman–Crippen MR) is 80.6 cm³/mol. The number of methoxy groups -OCH3 is 1. The zero-order valence-corrected chi connectivity index (χ0v) is 13.3. The fourth-order valence-electron chi connectivity index (χ4n) is 1.43. The Morgan fingerprint density at radius 3 is 2.89 bits per heavy atom. The van der Waals surface area contributed by atoms with Crippen molar-refractivity contribution in [2.45, 2.75) is 6.92 Å². The Balaban J connectivity index is 2.24. The summed E-state index contributed by atoms with van der Waals surface area (Å²) >= 11 is 10.6. The molecule has 0 saturated carbocycles. The van der Waals surface area contributed by atoms with Crippen LogP contribution in [-0.2, 0) is 4.74 Å². The third kappa shape index (κ3) is 3.26. The van der Waals surface area contributed by atoms with Crippen LogP contribution in [0.25, 0.3) is 0 Å². The average molecular weight is 362 g/mol. The maximum absolute atomic E-state index is 11.5. The van der Waals surface area contributed by atoms with Gasteiger partial charge in [0.15, 0.2) is 5.13 Å². The van der Waals surface area contributed by atoms with E-state index in [4.69, 9.17) is 16.3 Å². The number of carbonyl (C=O) groups excluding carboxylic acids is 1. The third-order valence-electron chi connectivity index (χ3n) is 2.34. The summed E-state index contributed by atoms with van der Waals surface area (Å²) < 4.78 is 5.52. The largest absolute Gasteiger partial charge is 0.465 e. The maximum atomic E-state index is 11.5. The van der Waals surface area contributed by atoms with Crippen LogP contribution >= 0.6 is 38.9 Å². The number of nitrogens with zero attached hydrogens (tertiary/aromatic N) is 1. The molecular weight excluding hydrogens is 352 g/mol. The summed E-state index contributed by atoms with van der Waals surface area (Å²) in [4.78, 5) is 16.3. The molecule has 0 amide bonds. The van der Waals surface area contributed by atoms with E-state index in [1.165, 1.54) is 18.4 Å². The van der Waals surface area contributed by atoms with Crippen molar-refractivity contribution in [3.63, 3.8) is 0 Å². The Morgan fingerprint density at radius 1 is 1.53 bits per heavy atom. The minimum absolute atomic E-state index is 0.378. The quantitative estimate of drug-likeness (QED) is 0.823. The van der Waals surface area contributed by atoms with Crippen LogP contribution in [0.5, 0.6) is 0 Å². The molecule has 0 aliphatic carbocycles. The Labute approximate surface area is 127 Å². The van der Waals surface area contributed by atoms with Crippen molar-refractivity contribution in [3.05, 3.63) is 38.3 Å². The van der Waals surface area contributed by atoms with Crippen LogP contribution in [0.2, 0.25) is 5.02 Å². The molecular formula is C12H10BrClN2O2S. The Hall–Kier alpha value is -1.11. The molecule has 1 aromatic carbocycles. The zero-order valence-electron chi connectivity index (χ0n) is 10.2. The molecule has 1 heterocycles. The molecule has 0 atom stereocenters. The van der Waals surface area contributed by atoms with Crippen molar-refractivity contribution in [1.29, 1.82) is 0 Å². The van der Waals surface area contributed by atoms with Crippen molar-refractivity contribution in [3.8, 4) is 0 Å². The number of carbonyl (C=O) groups is 1. The van der Waals surface area contributed by atoms with Crippen molar-refractivity contribution in [1.82, 2.24) is 4.98 Å². The number of aromatic nitrogens is 1. The first-order valence-corrected chi connectivity index (χ1v) is 7.28. The highest BCUT2D eigenvalue weighted by Gasteiger charge is 2.15. The summed E-state index contributed by atoms with van der Waals surface area (Å²) in [5.74, 6) is -0.378. The van der Waals surface area contributed by atoms with Gasteiger partial charge in [-0.15, -0.1) is 0 Å². The van der Waals surface area contributed by atoms with Gasteiger partial charge < -0.3 is 10.1 Å². The minimum atomic E-state index is -0.378. The molecule has 19 heavy (non-hydrogen) atoms. The number of ether oxygens (including phenoxy) is 1. The van der Waals surface area contributed by atoms with E-state index in [1.807, 2.05) is 12.1 Å². The highest BCUT2D eigenvalue weighted by atomic mass is 79.9. The van der Waals surface area contributed by atoms with Gasteiger partial charge in [-0.25, -0.2) is 9.78 Å². The van der Waals surface area contributed by atoms with Crippen molar-refractivity contribution < 1.29 is 9.53 Å². The fraction of sp³-hybridized carbons (Fsp3) is 0.167. The van der Waals surface area contributed by atoms with Crippen LogP contribution in [0, 0.1) is 6.92 Å². The number of halogens is 2. The van der Waals surface area contributed by atoms with E-state index in [2.05, 4.69) is 26.2 Å². The molecule has 0 spiro atoms. The van der Waals surface area contributed by atoms with E-state index in [0.717, 1.165) is 10.2 Å². The van der Waals surface area contributed by atoms with Gasteiger partial charge in [0.2, 0.25) is 0 Å². The lowest BCUT2D eigenvalue weighted by Gasteiger charge is -2.03. The first-order chi connectivity index (χ1) is 9.01. The van der Waals surface area contributed by atoms with Gasteiger partial charge in [0, 0.05) is 10.2 Å². The molecule has 0 fully saturated rings. The predicted octanol–water partition coefficient (Wildman–Crippen LogP) is 4.40. The molecule has 4 nitrogen and oxygen atoms in total. The van der Waals surface area contributed by atoms with Crippen molar-refractivity contribution in [2.75, 3.05) is 12.4 Å². The second kappa shape index (κ2) is 5.90. The summed E-state index contributed by atoms with van der Waals surface area (Å²) in [6.45, 7) is 1.77. The summed E-state index contributed by atoms with van der Waals surface area (Å²) in [6.07, 6.45) is 0. The average Bonchev–Trinajstić information content (AvgIpc) is 2.74. The lowest BCUT2D eigenvalue weighted by atomic mass is 10.3. The number of esters is 1. The molecule has 7 heteroatoms. The normalized spacial score (nSPS) is 10.3. The standard InChI is InChI=1S/C12H10BrClN2O2S/c1-6-10(11(17)18-2)19-12(15-6)16-7-3-4-8(13)9(14)5-7/h3-5H,1-2H3,(H,15,16). The molecule has 1 aromatic heterocycles.